The normalized spacial score (nSPS) is 23.5. The zero-order valence-electron chi connectivity index (χ0n) is 13.9. The highest BCUT2D eigenvalue weighted by Gasteiger charge is 2.42. The molecule has 3 rings (SSSR count). The highest BCUT2D eigenvalue weighted by atomic mass is 127. The van der Waals surface area contributed by atoms with E-state index in [1.807, 2.05) is 0 Å². The maximum Gasteiger partial charge on any atom is 0.284 e. The zero-order valence-corrected chi connectivity index (χ0v) is 16.2. The lowest BCUT2D eigenvalue weighted by Gasteiger charge is -2.24. The van der Waals surface area contributed by atoms with Crippen molar-refractivity contribution in [3.63, 3.8) is 0 Å². The minimum absolute atomic E-state index is 0. The summed E-state index contributed by atoms with van der Waals surface area (Å²) in [6.45, 7) is 6.92. The first-order chi connectivity index (χ1) is 11.1. The number of nitrogens with zero attached hydrogens (tertiary/aromatic N) is 2. The second-order valence-electron chi connectivity index (χ2n) is 6.27. The Bertz CT molecular complexity index is 596. The zero-order chi connectivity index (χ0) is 16.3. The molecular weight excluding hydrogens is 423 g/mol. The molecule has 3 N–H and O–H groups in total. The van der Waals surface area contributed by atoms with Gasteiger partial charge in [-0.3, -0.25) is 4.79 Å². The Labute approximate surface area is 159 Å². The summed E-state index contributed by atoms with van der Waals surface area (Å²) in [5, 5.41) is 3.33. The molecule has 0 bridgehead atoms. The van der Waals surface area contributed by atoms with Crippen molar-refractivity contribution in [2.45, 2.75) is 26.3 Å². The molecule has 2 aliphatic rings. The third-order valence-corrected chi connectivity index (χ3v) is 4.55. The van der Waals surface area contributed by atoms with Crippen LogP contribution in [-0.4, -0.2) is 49.6 Å². The lowest BCUT2D eigenvalue weighted by atomic mass is 9.87. The van der Waals surface area contributed by atoms with Crippen molar-refractivity contribution < 1.29 is 13.9 Å². The van der Waals surface area contributed by atoms with Crippen LogP contribution in [0.3, 0.4) is 0 Å². The van der Waals surface area contributed by atoms with E-state index in [1.54, 1.807) is 12.1 Å². The smallest absolute Gasteiger partial charge is 0.284 e. The van der Waals surface area contributed by atoms with Crippen LogP contribution in [0.2, 0.25) is 0 Å². The fraction of sp³-hybridized carbons (Fsp3) is 0.625. The van der Waals surface area contributed by atoms with Crippen LogP contribution in [0.25, 0.3) is 0 Å². The fourth-order valence-corrected chi connectivity index (χ4v) is 3.26. The second kappa shape index (κ2) is 8.19. The summed E-state index contributed by atoms with van der Waals surface area (Å²) >= 11 is 0. The molecule has 1 atom stereocenters. The van der Waals surface area contributed by atoms with E-state index in [1.165, 1.54) is 0 Å². The third kappa shape index (κ3) is 4.21. The van der Waals surface area contributed by atoms with Gasteiger partial charge in [-0.15, -0.1) is 24.0 Å². The lowest BCUT2D eigenvalue weighted by molar-refractivity contribution is 0.0972. The Morgan fingerprint density at radius 3 is 2.92 bits per heavy atom. The number of hydrogen-bond acceptors (Lipinski definition) is 4. The Kier molecular flexibility index (Phi) is 6.50. The highest BCUT2D eigenvalue weighted by molar-refractivity contribution is 14.0. The second-order valence-corrected chi connectivity index (χ2v) is 6.27. The highest BCUT2D eigenvalue weighted by Crippen LogP contribution is 2.38. The number of rotatable bonds is 4. The van der Waals surface area contributed by atoms with Crippen LogP contribution >= 0.6 is 24.0 Å². The monoisotopic (exact) mass is 448 g/mol. The average molecular weight is 448 g/mol. The summed E-state index contributed by atoms with van der Waals surface area (Å²) in [6.07, 6.45) is 2.27. The first-order valence-electron chi connectivity index (χ1n) is 8.11. The van der Waals surface area contributed by atoms with Crippen molar-refractivity contribution in [3.8, 4) is 0 Å². The SMILES string of the molecule is CCNC(=NCc1ccc(C(N)=O)o1)N1CCC2(CCOC2)C1.I. The van der Waals surface area contributed by atoms with Crippen LogP contribution in [0.4, 0.5) is 0 Å². The number of primary amides is 1. The summed E-state index contributed by atoms with van der Waals surface area (Å²) < 4.78 is 11.0. The number of furan rings is 1. The van der Waals surface area contributed by atoms with Gasteiger partial charge in [0, 0.05) is 31.7 Å². The van der Waals surface area contributed by atoms with Crippen LogP contribution in [-0.2, 0) is 11.3 Å². The van der Waals surface area contributed by atoms with Gasteiger partial charge >= 0.3 is 0 Å². The molecule has 8 heteroatoms. The van der Waals surface area contributed by atoms with E-state index in [9.17, 15) is 4.79 Å². The largest absolute Gasteiger partial charge is 0.454 e. The maximum absolute atomic E-state index is 11.1. The molecule has 2 fully saturated rings. The Hall–Kier alpha value is -1.29. The van der Waals surface area contributed by atoms with Crippen molar-refractivity contribution in [2.75, 3.05) is 32.8 Å². The summed E-state index contributed by atoms with van der Waals surface area (Å²) in [7, 11) is 0. The van der Waals surface area contributed by atoms with Crippen LogP contribution in [0, 0.1) is 5.41 Å². The molecule has 2 aliphatic heterocycles. The first-order valence-corrected chi connectivity index (χ1v) is 8.11. The molecule has 0 aliphatic carbocycles. The summed E-state index contributed by atoms with van der Waals surface area (Å²) in [6, 6.07) is 3.32. The van der Waals surface area contributed by atoms with Gasteiger partial charge in [0.1, 0.15) is 12.3 Å². The number of carbonyl (C=O) groups is 1. The van der Waals surface area contributed by atoms with E-state index in [0.717, 1.165) is 51.6 Å². The molecule has 1 amide bonds. The van der Waals surface area contributed by atoms with Crippen LogP contribution < -0.4 is 11.1 Å². The molecule has 24 heavy (non-hydrogen) atoms. The number of nitrogens with two attached hydrogens (primary N) is 1. The predicted molar refractivity (Wildman–Crippen MR) is 102 cm³/mol. The Morgan fingerprint density at radius 2 is 2.29 bits per heavy atom. The number of ether oxygens (including phenoxy) is 1. The molecule has 1 unspecified atom stereocenters. The molecule has 3 heterocycles. The van der Waals surface area contributed by atoms with Gasteiger partial charge in [-0.25, -0.2) is 4.99 Å². The predicted octanol–water partition coefficient (Wildman–Crippen LogP) is 1.57. The molecule has 1 aromatic rings. The van der Waals surface area contributed by atoms with Crippen LogP contribution in [0.1, 0.15) is 36.1 Å². The number of nitrogens with one attached hydrogen (secondary N) is 1. The Morgan fingerprint density at radius 1 is 1.46 bits per heavy atom. The van der Waals surface area contributed by atoms with Gasteiger partial charge in [0.05, 0.1) is 6.61 Å². The number of guanidine groups is 1. The molecule has 7 nitrogen and oxygen atoms in total. The van der Waals surface area contributed by atoms with Crippen molar-refractivity contribution >= 4 is 35.8 Å². The standard InChI is InChI=1S/C16H24N4O3.HI/c1-2-18-15(19-9-12-3-4-13(23-12)14(17)21)20-7-5-16(10-20)6-8-22-11-16;/h3-4H,2,5-11H2,1H3,(H2,17,21)(H,18,19);1H. The van der Waals surface area contributed by atoms with E-state index in [-0.39, 0.29) is 29.7 Å². The molecule has 0 saturated carbocycles. The molecule has 1 spiro atoms. The summed E-state index contributed by atoms with van der Waals surface area (Å²) in [4.78, 5) is 18.0. The van der Waals surface area contributed by atoms with Crippen molar-refractivity contribution in [3.05, 3.63) is 23.7 Å². The summed E-state index contributed by atoms with van der Waals surface area (Å²) in [5.41, 5.74) is 5.49. The molecule has 134 valence electrons. The van der Waals surface area contributed by atoms with Gasteiger partial charge in [-0.05, 0) is 31.9 Å². The molecule has 0 radical (unpaired) electrons. The van der Waals surface area contributed by atoms with Gasteiger partial charge in [-0.1, -0.05) is 0 Å². The van der Waals surface area contributed by atoms with Gasteiger partial charge in [0.15, 0.2) is 11.7 Å². The van der Waals surface area contributed by atoms with Crippen molar-refractivity contribution in [1.82, 2.24) is 10.2 Å². The van der Waals surface area contributed by atoms with Gasteiger partial charge < -0.3 is 25.1 Å². The number of hydrogen-bond donors (Lipinski definition) is 2. The van der Waals surface area contributed by atoms with Crippen LogP contribution in [0.5, 0.6) is 0 Å². The van der Waals surface area contributed by atoms with E-state index in [4.69, 9.17) is 14.9 Å². The van der Waals surface area contributed by atoms with E-state index < -0.39 is 5.91 Å². The Balaban J connectivity index is 0.00000208. The van der Waals surface area contributed by atoms with Gasteiger partial charge in [0.25, 0.3) is 5.91 Å². The molecular formula is C16H25IN4O3. The molecule has 2 saturated heterocycles. The van der Waals surface area contributed by atoms with E-state index in [0.29, 0.717) is 17.7 Å². The number of carbonyl (C=O) groups excluding carboxylic acids is 1. The number of amides is 1. The van der Waals surface area contributed by atoms with Crippen LogP contribution in [0.15, 0.2) is 21.5 Å². The fourth-order valence-electron chi connectivity index (χ4n) is 3.26. The molecule has 0 aromatic carbocycles. The topological polar surface area (TPSA) is 93.1 Å². The number of likely N-dealkylation sites (tertiary alicyclic amines) is 1. The van der Waals surface area contributed by atoms with E-state index >= 15 is 0 Å². The lowest BCUT2D eigenvalue weighted by Crippen LogP contribution is -2.41. The quantitative estimate of drug-likeness (QED) is 0.415. The number of aliphatic imine (C=N–C) groups is 1. The summed E-state index contributed by atoms with van der Waals surface area (Å²) in [5.74, 6) is 1.12. The number of halogens is 1. The maximum atomic E-state index is 11.1. The van der Waals surface area contributed by atoms with Crippen molar-refractivity contribution in [2.24, 2.45) is 16.1 Å². The minimum Gasteiger partial charge on any atom is -0.454 e. The van der Waals surface area contributed by atoms with E-state index in [2.05, 4.69) is 22.1 Å². The van der Waals surface area contributed by atoms with Crippen molar-refractivity contribution in [1.29, 1.82) is 0 Å². The average Bonchev–Trinajstić information content (AvgIpc) is 3.26. The first kappa shape index (κ1) is 19.0. The molecule has 1 aromatic heterocycles. The minimum atomic E-state index is -0.560. The van der Waals surface area contributed by atoms with Gasteiger partial charge in [-0.2, -0.15) is 0 Å². The third-order valence-electron chi connectivity index (χ3n) is 4.55. The van der Waals surface area contributed by atoms with Gasteiger partial charge in [0.2, 0.25) is 0 Å².